The topological polar surface area (TPSA) is 43.0 Å². The molecule has 0 radical (unpaired) electrons. The van der Waals surface area contributed by atoms with Crippen molar-refractivity contribution in [3.63, 3.8) is 0 Å². The van der Waals surface area contributed by atoms with E-state index >= 15 is 0 Å². The Balaban J connectivity index is 1.53. The molecule has 0 saturated carbocycles. The molecule has 28 heavy (non-hydrogen) atoms. The van der Waals surface area contributed by atoms with Crippen molar-refractivity contribution in [2.24, 2.45) is 0 Å². The van der Waals surface area contributed by atoms with Gasteiger partial charge >= 0.3 is 0 Å². The van der Waals surface area contributed by atoms with Crippen LogP contribution in [0, 0.1) is 6.92 Å². The van der Waals surface area contributed by atoms with Gasteiger partial charge in [0.15, 0.2) is 11.5 Å². The summed E-state index contributed by atoms with van der Waals surface area (Å²) in [6.45, 7) is 8.82. The van der Waals surface area contributed by atoms with Crippen molar-refractivity contribution in [2.75, 3.05) is 46.5 Å². The van der Waals surface area contributed by atoms with Gasteiger partial charge in [0.25, 0.3) is 0 Å². The van der Waals surface area contributed by atoms with Gasteiger partial charge in [-0.2, -0.15) is 0 Å². The maximum atomic E-state index is 6.49. The summed E-state index contributed by atoms with van der Waals surface area (Å²) in [6.07, 6.45) is 0. The Labute approximate surface area is 172 Å². The molecule has 0 atom stereocenters. The number of rotatable bonds is 9. The Morgan fingerprint density at radius 1 is 1.11 bits per heavy atom. The summed E-state index contributed by atoms with van der Waals surface area (Å²) < 4.78 is 16.8. The first-order chi connectivity index (χ1) is 13.7. The fourth-order valence-corrected chi connectivity index (χ4v) is 3.34. The monoisotopic (exact) mass is 404 g/mol. The van der Waals surface area contributed by atoms with Gasteiger partial charge in [0.1, 0.15) is 6.61 Å². The predicted octanol–water partition coefficient (Wildman–Crippen LogP) is 3.66. The van der Waals surface area contributed by atoms with Crippen LogP contribution < -0.4 is 14.8 Å². The van der Waals surface area contributed by atoms with Crippen molar-refractivity contribution in [3.05, 3.63) is 58.1 Å². The summed E-state index contributed by atoms with van der Waals surface area (Å²) in [4.78, 5) is 2.40. The van der Waals surface area contributed by atoms with Gasteiger partial charge in [0.2, 0.25) is 0 Å². The van der Waals surface area contributed by atoms with E-state index in [2.05, 4.69) is 41.4 Å². The highest BCUT2D eigenvalue weighted by atomic mass is 35.5. The summed E-state index contributed by atoms with van der Waals surface area (Å²) in [6, 6.07) is 12.1. The molecule has 0 aliphatic carbocycles. The zero-order chi connectivity index (χ0) is 19.8. The van der Waals surface area contributed by atoms with E-state index in [1.807, 2.05) is 12.1 Å². The van der Waals surface area contributed by atoms with E-state index in [1.165, 1.54) is 5.56 Å². The summed E-state index contributed by atoms with van der Waals surface area (Å²) in [5.74, 6) is 1.35. The standard InChI is InChI=1S/C22H29ClN2O3/c1-17-3-5-18(6-4-17)16-28-22-14-20(23)19(13-21(22)26-2)15-24-7-8-25-9-11-27-12-10-25/h3-6,13-14,24H,7-12,15-16H2,1-2H3. The maximum Gasteiger partial charge on any atom is 0.163 e. The average Bonchev–Trinajstić information content (AvgIpc) is 2.72. The number of hydrogen-bond acceptors (Lipinski definition) is 5. The molecule has 0 bridgehead atoms. The van der Waals surface area contributed by atoms with Crippen LogP contribution in [0.4, 0.5) is 0 Å². The van der Waals surface area contributed by atoms with E-state index in [0.717, 1.165) is 50.5 Å². The van der Waals surface area contributed by atoms with Crippen molar-refractivity contribution in [1.82, 2.24) is 10.2 Å². The lowest BCUT2D eigenvalue weighted by Gasteiger charge is -2.26. The molecule has 1 aliphatic rings. The zero-order valence-electron chi connectivity index (χ0n) is 16.7. The van der Waals surface area contributed by atoms with E-state index in [4.69, 9.17) is 25.8 Å². The second-order valence-electron chi connectivity index (χ2n) is 7.00. The normalized spacial score (nSPS) is 14.8. The van der Waals surface area contributed by atoms with Crippen LogP contribution in [0.15, 0.2) is 36.4 Å². The molecular weight excluding hydrogens is 376 g/mol. The minimum Gasteiger partial charge on any atom is -0.493 e. The van der Waals surface area contributed by atoms with Crippen LogP contribution in [-0.4, -0.2) is 51.4 Å². The molecule has 152 valence electrons. The lowest BCUT2D eigenvalue weighted by molar-refractivity contribution is 0.0384. The van der Waals surface area contributed by atoms with Crippen LogP contribution >= 0.6 is 11.6 Å². The Hall–Kier alpha value is -1.79. The van der Waals surface area contributed by atoms with E-state index in [0.29, 0.717) is 29.7 Å². The lowest BCUT2D eigenvalue weighted by Crippen LogP contribution is -2.40. The SMILES string of the molecule is COc1cc(CNCCN2CCOCC2)c(Cl)cc1OCc1ccc(C)cc1. The molecule has 0 spiro atoms. The zero-order valence-corrected chi connectivity index (χ0v) is 17.4. The number of nitrogens with one attached hydrogen (secondary N) is 1. The number of morpholine rings is 1. The average molecular weight is 405 g/mol. The molecule has 0 aromatic heterocycles. The molecule has 1 aliphatic heterocycles. The Bertz CT molecular complexity index is 746. The minimum atomic E-state index is 0.476. The van der Waals surface area contributed by atoms with E-state index < -0.39 is 0 Å². The Kier molecular flexibility index (Phi) is 7.98. The summed E-state index contributed by atoms with van der Waals surface area (Å²) in [5.41, 5.74) is 3.34. The second kappa shape index (κ2) is 10.7. The smallest absolute Gasteiger partial charge is 0.163 e. The van der Waals surface area contributed by atoms with Crippen molar-refractivity contribution in [3.8, 4) is 11.5 Å². The van der Waals surface area contributed by atoms with Crippen molar-refractivity contribution < 1.29 is 14.2 Å². The number of halogens is 1. The second-order valence-corrected chi connectivity index (χ2v) is 7.41. The number of hydrogen-bond donors (Lipinski definition) is 1. The predicted molar refractivity (Wildman–Crippen MR) is 112 cm³/mol. The molecule has 6 heteroatoms. The number of methoxy groups -OCH3 is 1. The molecule has 1 N–H and O–H groups in total. The quantitative estimate of drug-likeness (QED) is 0.646. The highest BCUT2D eigenvalue weighted by Gasteiger charge is 2.12. The third-order valence-corrected chi connectivity index (χ3v) is 5.22. The van der Waals surface area contributed by atoms with Gasteiger partial charge in [-0.1, -0.05) is 41.4 Å². The molecular formula is C22H29ClN2O3. The molecule has 2 aromatic carbocycles. The van der Waals surface area contributed by atoms with Gasteiger partial charge in [-0.3, -0.25) is 4.90 Å². The Morgan fingerprint density at radius 2 is 1.86 bits per heavy atom. The molecule has 1 heterocycles. The van der Waals surface area contributed by atoms with Crippen LogP contribution in [-0.2, 0) is 17.9 Å². The Morgan fingerprint density at radius 3 is 2.57 bits per heavy atom. The molecule has 1 fully saturated rings. The number of ether oxygens (including phenoxy) is 3. The fraction of sp³-hybridized carbons (Fsp3) is 0.455. The van der Waals surface area contributed by atoms with Gasteiger partial charge in [-0.15, -0.1) is 0 Å². The van der Waals surface area contributed by atoms with Crippen LogP contribution in [0.3, 0.4) is 0 Å². The number of benzene rings is 2. The third-order valence-electron chi connectivity index (χ3n) is 4.87. The van der Waals surface area contributed by atoms with Crippen molar-refractivity contribution >= 4 is 11.6 Å². The highest BCUT2D eigenvalue weighted by Crippen LogP contribution is 2.34. The number of nitrogens with zero attached hydrogens (tertiary/aromatic N) is 1. The van der Waals surface area contributed by atoms with Crippen LogP contribution in [0.25, 0.3) is 0 Å². The molecule has 3 rings (SSSR count). The van der Waals surface area contributed by atoms with Crippen LogP contribution in [0.1, 0.15) is 16.7 Å². The van der Waals surface area contributed by atoms with E-state index in [9.17, 15) is 0 Å². The van der Waals surface area contributed by atoms with E-state index in [1.54, 1.807) is 7.11 Å². The van der Waals surface area contributed by atoms with Crippen molar-refractivity contribution in [1.29, 1.82) is 0 Å². The van der Waals surface area contributed by atoms with Crippen LogP contribution in [0.2, 0.25) is 5.02 Å². The fourth-order valence-electron chi connectivity index (χ4n) is 3.12. The molecule has 0 unspecified atom stereocenters. The van der Waals surface area contributed by atoms with Gasteiger partial charge in [0, 0.05) is 43.8 Å². The summed E-state index contributed by atoms with van der Waals surface area (Å²) in [5, 5.41) is 4.14. The molecule has 5 nitrogen and oxygen atoms in total. The number of aryl methyl sites for hydroxylation is 1. The van der Waals surface area contributed by atoms with Gasteiger partial charge in [0.05, 0.1) is 20.3 Å². The van der Waals surface area contributed by atoms with Gasteiger partial charge in [-0.25, -0.2) is 0 Å². The lowest BCUT2D eigenvalue weighted by atomic mass is 10.1. The van der Waals surface area contributed by atoms with E-state index in [-0.39, 0.29) is 0 Å². The maximum absolute atomic E-state index is 6.49. The molecule has 0 amide bonds. The summed E-state index contributed by atoms with van der Waals surface area (Å²) >= 11 is 6.49. The largest absolute Gasteiger partial charge is 0.493 e. The first-order valence-corrected chi connectivity index (χ1v) is 10.1. The van der Waals surface area contributed by atoms with Gasteiger partial charge in [-0.05, 0) is 24.1 Å². The first-order valence-electron chi connectivity index (χ1n) is 9.71. The van der Waals surface area contributed by atoms with Gasteiger partial charge < -0.3 is 19.5 Å². The third kappa shape index (κ3) is 6.11. The highest BCUT2D eigenvalue weighted by molar-refractivity contribution is 6.31. The van der Waals surface area contributed by atoms with Crippen molar-refractivity contribution in [2.45, 2.75) is 20.1 Å². The first kappa shape index (κ1) is 20.9. The van der Waals surface area contributed by atoms with Crippen LogP contribution in [0.5, 0.6) is 11.5 Å². The molecule has 2 aromatic rings. The molecule has 1 saturated heterocycles. The summed E-state index contributed by atoms with van der Waals surface area (Å²) in [7, 11) is 1.65. The minimum absolute atomic E-state index is 0.476.